The van der Waals surface area contributed by atoms with Gasteiger partial charge in [0.2, 0.25) is 0 Å². The van der Waals surface area contributed by atoms with Crippen LogP contribution < -0.4 is 0 Å². The number of aryl methyl sites for hydroxylation is 2. The zero-order valence-electron chi connectivity index (χ0n) is 11.4. The second-order valence-electron chi connectivity index (χ2n) is 4.62. The van der Waals surface area contributed by atoms with Gasteiger partial charge in [0.25, 0.3) is 0 Å². The van der Waals surface area contributed by atoms with E-state index >= 15 is 0 Å². The van der Waals surface area contributed by atoms with Crippen LogP contribution in [0.1, 0.15) is 27.0 Å². The molecular formula is C15H16O3S2. The smallest absolute Gasteiger partial charge is 0.188 e. The summed E-state index contributed by atoms with van der Waals surface area (Å²) in [6.45, 7) is 3.83. The van der Waals surface area contributed by atoms with Crippen LogP contribution >= 0.6 is 11.3 Å². The van der Waals surface area contributed by atoms with Crippen molar-refractivity contribution in [2.24, 2.45) is 0 Å². The molecule has 3 nitrogen and oxygen atoms in total. The molecule has 0 saturated heterocycles. The highest BCUT2D eigenvalue weighted by atomic mass is 32.2. The van der Waals surface area contributed by atoms with Crippen molar-refractivity contribution in [2.45, 2.75) is 25.2 Å². The Hall–Kier alpha value is -1.46. The summed E-state index contributed by atoms with van der Waals surface area (Å²) in [6, 6.07) is 10.2. The minimum absolute atomic E-state index is 0.207. The van der Waals surface area contributed by atoms with Crippen LogP contribution in [0.4, 0.5) is 0 Å². The molecule has 0 unspecified atom stereocenters. The van der Waals surface area contributed by atoms with E-state index in [1.165, 1.54) is 17.4 Å². The molecule has 0 bridgehead atoms. The molecule has 2 rings (SSSR count). The highest BCUT2D eigenvalue weighted by Crippen LogP contribution is 2.20. The molecule has 0 atom stereocenters. The Balaban J connectivity index is 2.22. The fraction of sp³-hybridized carbons (Fsp3) is 0.267. The van der Waals surface area contributed by atoms with Gasteiger partial charge in [0, 0.05) is 4.88 Å². The average Bonchev–Trinajstić information content (AvgIpc) is 2.87. The number of hydrogen-bond donors (Lipinski definition) is 0. The van der Waals surface area contributed by atoms with Crippen molar-refractivity contribution < 1.29 is 13.2 Å². The van der Waals surface area contributed by atoms with Crippen LogP contribution in [0.2, 0.25) is 0 Å². The number of thiophene rings is 1. The van der Waals surface area contributed by atoms with E-state index in [0.717, 1.165) is 16.9 Å². The van der Waals surface area contributed by atoms with Crippen molar-refractivity contribution in [3.8, 4) is 0 Å². The first-order valence-corrected chi connectivity index (χ1v) is 8.80. The van der Waals surface area contributed by atoms with Crippen LogP contribution in [0.15, 0.2) is 41.3 Å². The van der Waals surface area contributed by atoms with Gasteiger partial charge >= 0.3 is 0 Å². The third-order valence-electron chi connectivity index (χ3n) is 2.95. The van der Waals surface area contributed by atoms with Crippen LogP contribution in [0.5, 0.6) is 0 Å². The topological polar surface area (TPSA) is 51.2 Å². The molecule has 106 valence electrons. The Kier molecular flexibility index (Phi) is 4.40. The van der Waals surface area contributed by atoms with Gasteiger partial charge in [0.1, 0.15) is 5.75 Å². The molecule has 0 aliphatic heterocycles. The van der Waals surface area contributed by atoms with E-state index in [-0.39, 0.29) is 10.7 Å². The first kappa shape index (κ1) is 14.9. The Morgan fingerprint density at radius 3 is 2.55 bits per heavy atom. The van der Waals surface area contributed by atoms with Crippen molar-refractivity contribution in [3.05, 3.63) is 51.7 Å². The Bertz CT molecular complexity index is 727. The lowest BCUT2D eigenvalue weighted by Crippen LogP contribution is -2.15. The number of sulfone groups is 1. The van der Waals surface area contributed by atoms with Crippen molar-refractivity contribution in [1.82, 2.24) is 0 Å². The van der Waals surface area contributed by atoms with E-state index in [1.54, 1.807) is 18.2 Å². The highest BCUT2D eigenvalue weighted by molar-refractivity contribution is 7.92. The first-order valence-electron chi connectivity index (χ1n) is 6.33. The number of ketones is 1. The molecule has 0 aliphatic carbocycles. The van der Waals surface area contributed by atoms with Crippen LogP contribution in [0, 0.1) is 6.92 Å². The van der Waals surface area contributed by atoms with Gasteiger partial charge in [-0.3, -0.25) is 4.79 Å². The lowest BCUT2D eigenvalue weighted by atomic mass is 10.2. The first-order chi connectivity index (χ1) is 9.42. The maximum Gasteiger partial charge on any atom is 0.188 e. The number of carbonyl (C=O) groups excluding carboxylic acids is 1. The van der Waals surface area contributed by atoms with E-state index < -0.39 is 15.6 Å². The maximum atomic E-state index is 12.2. The summed E-state index contributed by atoms with van der Waals surface area (Å²) in [5.41, 5.74) is 0.864. The molecule has 1 heterocycles. The van der Waals surface area contributed by atoms with Crippen LogP contribution in [-0.4, -0.2) is 20.0 Å². The second kappa shape index (κ2) is 5.89. The number of carbonyl (C=O) groups is 1. The lowest BCUT2D eigenvalue weighted by Gasteiger charge is -2.04. The Labute approximate surface area is 123 Å². The summed E-state index contributed by atoms with van der Waals surface area (Å²) in [7, 11) is -3.57. The highest BCUT2D eigenvalue weighted by Gasteiger charge is 2.21. The molecule has 1 aromatic heterocycles. The average molecular weight is 308 g/mol. The second-order valence-corrected chi connectivity index (χ2v) is 7.78. The van der Waals surface area contributed by atoms with E-state index in [2.05, 4.69) is 0 Å². The molecule has 5 heteroatoms. The SMILES string of the molecule is CCc1ccc(C(=O)CS(=O)(=O)c2cccc(C)c2)s1. The van der Waals surface area contributed by atoms with Crippen LogP contribution in [-0.2, 0) is 16.3 Å². The van der Waals surface area contributed by atoms with Crippen molar-refractivity contribution in [2.75, 3.05) is 5.75 Å². The molecule has 0 spiro atoms. The molecule has 2 aromatic rings. The molecule has 0 amide bonds. The Morgan fingerprint density at radius 1 is 1.20 bits per heavy atom. The van der Waals surface area contributed by atoms with Crippen molar-refractivity contribution in [1.29, 1.82) is 0 Å². The minimum Gasteiger partial charge on any atom is -0.292 e. The predicted molar refractivity (Wildman–Crippen MR) is 81.3 cm³/mol. The molecule has 20 heavy (non-hydrogen) atoms. The fourth-order valence-electron chi connectivity index (χ4n) is 1.85. The maximum absolute atomic E-state index is 12.2. The summed E-state index contributed by atoms with van der Waals surface area (Å²) >= 11 is 1.37. The fourth-order valence-corrected chi connectivity index (χ4v) is 4.15. The molecule has 1 aromatic carbocycles. The zero-order chi connectivity index (χ0) is 14.8. The third kappa shape index (κ3) is 3.35. The van der Waals surface area contributed by atoms with Gasteiger partial charge in [-0.25, -0.2) is 8.42 Å². The molecule has 0 N–H and O–H groups in total. The third-order valence-corrected chi connectivity index (χ3v) is 5.84. The van der Waals surface area contributed by atoms with Gasteiger partial charge < -0.3 is 0 Å². The van der Waals surface area contributed by atoms with Gasteiger partial charge in [0.15, 0.2) is 15.6 Å². The predicted octanol–water partition coefficient (Wildman–Crippen LogP) is 3.28. The summed E-state index contributed by atoms with van der Waals surface area (Å²) in [5, 5.41) is 0. The number of Topliss-reactive ketones (excluding diaryl/α,β-unsaturated/α-hetero) is 1. The van der Waals surface area contributed by atoms with Gasteiger partial charge in [0.05, 0.1) is 9.77 Å². The minimum atomic E-state index is -3.57. The number of benzene rings is 1. The molecular weight excluding hydrogens is 292 g/mol. The van der Waals surface area contributed by atoms with Gasteiger partial charge in [-0.2, -0.15) is 0 Å². The van der Waals surface area contributed by atoms with Gasteiger partial charge in [-0.05, 0) is 43.2 Å². The summed E-state index contributed by atoms with van der Waals surface area (Å²) in [4.78, 5) is 13.9. The van der Waals surface area contributed by atoms with E-state index in [0.29, 0.717) is 4.88 Å². The van der Waals surface area contributed by atoms with E-state index in [1.807, 2.05) is 26.0 Å². The zero-order valence-corrected chi connectivity index (χ0v) is 13.1. The number of hydrogen-bond acceptors (Lipinski definition) is 4. The lowest BCUT2D eigenvalue weighted by molar-refractivity contribution is 0.102. The summed E-state index contributed by atoms with van der Waals surface area (Å²) in [6.07, 6.45) is 0.850. The van der Waals surface area contributed by atoms with Crippen LogP contribution in [0.25, 0.3) is 0 Å². The quantitative estimate of drug-likeness (QED) is 0.797. The van der Waals surface area contributed by atoms with E-state index in [9.17, 15) is 13.2 Å². The Morgan fingerprint density at radius 2 is 1.95 bits per heavy atom. The molecule has 0 saturated carbocycles. The van der Waals surface area contributed by atoms with Crippen molar-refractivity contribution in [3.63, 3.8) is 0 Å². The number of rotatable bonds is 5. The van der Waals surface area contributed by atoms with Gasteiger partial charge in [-0.15, -0.1) is 11.3 Å². The van der Waals surface area contributed by atoms with Crippen LogP contribution in [0.3, 0.4) is 0 Å². The van der Waals surface area contributed by atoms with Crippen molar-refractivity contribution >= 4 is 27.0 Å². The monoisotopic (exact) mass is 308 g/mol. The molecule has 0 fully saturated rings. The molecule has 0 radical (unpaired) electrons. The largest absolute Gasteiger partial charge is 0.292 e. The summed E-state index contributed by atoms with van der Waals surface area (Å²) < 4.78 is 24.5. The normalized spacial score (nSPS) is 11.5. The molecule has 0 aliphatic rings. The van der Waals surface area contributed by atoms with Gasteiger partial charge in [-0.1, -0.05) is 19.1 Å². The summed E-state index contributed by atoms with van der Waals surface area (Å²) in [5.74, 6) is -0.809. The standard InChI is InChI=1S/C15H16O3S2/c1-3-12-7-8-15(19-12)14(16)10-20(17,18)13-6-4-5-11(2)9-13/h4-9H,3,10H2,1-2H3. The van der Waals surface area contributed by atoms with E-state index in [4.69, 9.17) is 0 Å².